The molecule has 1 unspecified atom stereocenters. The zero-order valence-electron chi connectivity index (χ0n) is 7.34. The van der Waals surface area contributed by atoms with Crippen molar-refractivity contribution >= 4 is 5.91 Å². The second kappa shape index (κ2) is 4.42. The lowest BCUT2D eigenvalue weighted by atomic mass is 10.3. The summed E-state index contributed by atoms with van der Waals surface area (Å²) in [6.45, 7) is 2.21. The van der Waals surface area contributed by atoms with E-state index in [1.165, 1.54) is 0 Å². The monoisotopic (exact) mass is 172 g/mol. The molecule has 4 nitrogen and oxygen atoms in total. The number of carbonyl (C=O) groups excluding carboxylic acids is 1. The Morgan fingerprint density at radius 3 is 2.83 bits per heavy atom. The summed E-state index contributed by atoms with van der Waals surface area (Å²) in [5.74, 6) is 0.0257. The predicted octanol–water partition coefficient (Wildman–Crippen LogP) is -0.765. The van der Waals surface area contributed by atoms with Crippen molar-refractivity contribution in [1.29, 1.82) is 0 Å². The summed E-state index contributed by atoms with van der Waals surface area (Å²) < 4.78 is 0. The largest absolute Gasteiger partial charge is 0.395 e. The topological polar surface area (TPSA) is 61.4 Å². The van der Waals surface area contributed by atoms with Gasteiger partial charge >= 0.3 is 0 Å². The van der Waals surface area contributed by atoms with Crippen molar-refractivity contribution in [3.63, 3.8) is 0 Å². The van der Waals surface area contributed by atoms with E-state index in [1.807, 2.05) is 6.92 Å². The summed E-state index contributed by atoms with van der Waals surface area (Å²) in [6.07, 6.45) is 2.22. The molecule has 1 amide bonds. The number of aliphatic hydroxyl groups excluding tert-OH is 1. The van der Waals surface area contributed by atoms with Crippen molar-refractivity contribution in [2.75, 3.05) is 13.2 Å². The number of amides is 1. The number of carbonyl (C=O) groups is 1. The molecule has 1 saturated carbocycles. The number of rotatable bonds is 5. The van der Waals surface area contributed by atoms with Crippen LogP contribution in [0.15, 0.2) is 0 Å². The fourth-order valence-corrected chi connectivity index (χ4v) is 0.838. The lowest BCUT2D eigenvalue weighted by Crippen LogP contribution is -2.40. The molecule has 0 saturated heterocycles. The van der Waals surface area contributed by atoms with Crippen LogP contribution in [0.2, 0.25) is 0 Å². The molecular formula is C8H16N2O2. The van der Waals surface area contributed by atoms with E-state index < -0.39 is 0 Å². The van der Waals surface area contributed by atoms with E-state index in [1.54, 1.807) is 0 Å². The zero-order valence-corrected chi connectivity index (χ0v) is 7.34. The Kier molecular flexibility index (Phi) is 3.49. The van der Waals surface area contributed by atoms with E-state index in [2.05, 4.69) is 10.6 Å². The van der Waals surface area contributed by atoms with Gasteiger partial charge in [-0.2, -0.15) is 0 Å². The number of hydrogen-bond donors (Lipinski definition) is 3. The second-order valence-corrected chi connectivity index (χ2v) is 3.31. The molecule has 0 aromatic rings. The van der Waals surface area contributed by atoms with E-state index in [-0.39, 0.29) is 18.6 Å². The number of hydrogen-bond acceptors (Lipinski definition) is 3. The third-order valence-corrected chi connectivity index (χ3v) is 1.83. The van der Waals surface area contributed by atoms with Crippen LogP contribution in [0.4, 0.5) is 0 Å². The van der Waals surface area contributed by atoms with Crippen LogP contribution >= 0.6 is 0 Å². The highest BCUT2D eigenvalue weighted by atomic mass is 16.3. The van der Waals surface area contributed by atoms with Crippen LogP contribution in [0.5, 0.6) is 0 Å². The second-order valence-electron chi connectivity index (χ2n) is 3.31. The van der Waals surface area contributed by atoms with Gasteiger partial charge in [-0.1, -0.05) is 0 Å². The summed E-state index contributed by atoms with van der Waals surface area (Å²) in [5, 5.41) is 14.4. The van der Waals surface area contributed by atoms with E-state index >= 15 is 0 Å². The molecule has 4 heteroatoms. The Balaban J connectivity index is 2.00. The summed E-state index contributed by atoms with van der Waals surface area (Å²) in [7, 11) is 0. The molecule has 3 N–H and O–H groups in total. The highest BCUT2D eigenvalue weighted by Gasteiger charge is 2.22. The third-order valence-electron chi connectivity index (χ3n) is 1.83. The Labute approximate surface area is 72.3 Å². The van der Waals surface area contributed by atoms with Crippen LogP contribution in [0, 0.1) is 0 Å². The average molecular weight is 172 g/mol. The quantitative estimate of drug-likeness (QED) is 0.510. The maximum Gasteiger partial charge on any atom is 0.234 e. The highest BCUT2D eigenvalue weighted by molar-refractivity contribution is 5.78. The van der Waals surface area contributed by atoms with Gasteiger partial charge < -0.3 is 15.7 Å². The van der Waals surface area contributed by atoms with Gasteiger partial charge in [0.2, 0.25) is 5.91 Å². The fraction of sp³-hybridized carbons (Fsp3) is 0.875. The fourth-order valence-electron chi connectivity index (χ4n) is 0.838. The van der Waals surface area contributed by atoms with Crippen molar-refractivity contribution in [3.8, 4) is 0 Å². The van der Waals surface area contributed by atoms with Gasteiger partial charge in [0.1, 0.15) is 0 Å². The van der Waals surface area contributed by atoms with Gasteiger partial charge in [0.05, 0.1) is 13.2 Å². The lowest BCUT2D eigenvalue weighted by Gasteiger charge is -2.09. The van der Waals surface area contributed by atoms with Crippen molar-refractivity contribution in [1.82, 2.24) is 10.6 Å². The van der Waals surface area contributed by atoms with Gasteiger partial charge in [-0.05, 0) is 19.8 Å². The lowest BCUT2D eigenvalue weighted by molar-refractivity contribution is -0.120. The van der Waals surface area contributed by atoms with E-state index in [4.69, 9.17) is 5.11 Å². The first-order valence-electron chi connectivity index (χ1n) is 4.36. The summed E-state index contributed by atoms with van der Waals surface area (Å²) >= 11 is 0. The van der Waals surface area contributed by atoms with Crippen LogP contribution in [-0.2, 0) is 4.79 Å². The summed E-state index contributed by atoms with van der Waals surface area (Å²) in [5.41, 5.74) is 0. The molecule has 0 bridgehead atoms. The van der Waals surface area contributed by atoms with E-state index in [0.29, 0.717) is 12.6 Å². The highest BCUT2D eigenvalue weighted by Crippen LogP contribution is 2.18. The maximum absolute atomic E-state index is 11.1. The van der Waals surface area contributed by atoms with E-state index in [0.717, 1.165) is 12.8 Å². The molecule has 0 heterocycles. The molecule has 0 aromatic carbocycles. The predicted molar refractivity (Wildman–Crippen MR) is 45.7 cm³/mol. The van der Waals surface area contributed by atoms with Crippen molar-refractivity contribution in [3.05, 3.63) is 0 Å². The van der Waals surface area contributed by atoms with Gasteiger partial charge in [-0.15, -0.1) is 0 Å². The Hall–Kier alpha value is -0.610. The Bertz CT molecular complexity index is 157. The molecule has 0 aliphatic heterocycles. The minimum absolute atomic E-state index is 0.00467. The summed E-state index contributed by atoms with van der Waals surface area (Å²) in [6, 6.07) is 0.415. The molecule has 1 fully saturated rings. The standard InChI is InChI=1S/C8H16N2O2/c1-6(5-11)9-4-8(12)10-7-2-3-7/h6-7,9,11H,2-5H2,1H3,(H,10,12). The first kappa shape index (κ1) is 9.48. The van der Waals surface area contributed by atoms with Gasteiger partial charge in [0, 0.05) is 12.1 Å². The molecule has 0 aromatic heterocycles. The Morgan fingerprint density at radius 2 is 2.33 bits per heavy atom. The van der Waals surface area contributed by atoms with Crippen molar-refractivity contribution < 1.29 is 9.90 Å². The molecular weight excluding hydrogens is 156 g/mol. The van der Waals surface area contributed by atoms with Crippen LogP contribution in [0.1, 0.15) is 19.8 Å². The maximum atomic E-state index is 11.1. The number of nitrogens with one attached hydrogen (secondary N) is 2. The first-order valence-corrected chi connectivity index (χ1v) is 4.36. The molecule has 1 atom stereocenters. The molecule has 1 rings (SSSR count). The molecule has 1 aliphatic rings. The van der Waals surface area contributed by atoms with Crippen LogP contribution in [0.25, 0.3) is 0 Å². The minimum atomic E-state index is -0.00467. The molecule has 0 spiro atoms. The van der Waals surface area contributed by atoms with Crippen molar-refractivity contribution in [2.45, 2.75) is 31.8 Å². The van der Waals surface area contributed by atoms with Crippen LogP contribution < -0.4 is 10.6 Å². The smallest absolute Gasteiger partial charge is 0.234 e. The normalized spacial score (nSPS) is 18.8. The number of aliphatic hydroxyl groups is 1. The summed E-state index contributed by atoms with van der Waals surface area (Å²) in [4.78, 5) is 11.1. The minimum Gasteiger partial charge on any atom is -0.395 e. The third kappa shape index (κ3) is 3.69. The molecule has 0 radical (unpaired) electrons. The Morgan fingerprint density at radius 1 is 1.67 bits per heavy atom. The molecule has 1 aliphatic carbocycles. The molecule has 12 heavy (non-hydrogen) atoms. The van der Waals surface area contributed by atoms with E-state index in [9.17, 15) is 4.79 Å². The van der Waals surface area contributed by atoms with Crippen LogP contribution in [-0.4, -0.2) is 36.2 Å². The molecule has 70 valence electrons. The first-order chi connectivity index (χ1) is 5.72. The van der Waals surface area contributed by atoms with Gasteiger partial charge in [0.15, 0.2) is 0 Å². The zero-order chi connectivity index (χ0) is 8.97. The van der Waals surface area contributed by atoms with Crippen LogP contribution in [0.3, 0.4) is 0 Å². The average Bonchev–Trinajstić information content (AvgIpc) is 2.84. The van der Waals surface area contributed by atoms with Gasteiger partial charge in [-0.3, -0.25) is 4.79 Å². The SMILES string of the molecule is CC(CO)NCC(=O)NC1CC1. The van der Waals surface area contributed by atoms with Gasteiger partial charge in [-0.25, -0.2) is 0 Å². The van der Waals surface area contributed by atoms with Gasteiger partial charge in [0.25, 0.3) is 0 Å². The van der Waals surface area contributed by atoms with Crippen molar-refractivity contribution in [2.24, 2.45) is 0 Å².